The van der Waals surface area contributed by atoms with E-state index in [1.807, 2.05) is 19.9 Å². The Morgan fingerprint density at radius 3 is 2.88 bits per heavy atom. The third kappa shape index (κ3) is 5.86. The lowest BCUT2D eigenvalue weighted by Gasteiger charge is -2.16. The molecular weight excluding hydrogens is 216 g/mol. The fourth-order valence-electron chi connectivity index (χ4n) is 1.63. The molecule has 0 aliphatic heterocycles. The number of nitrogens with one attached hydrogen (secondary N) is 1. The summed E-state index contributed by atoms with van der Waals surface area (Å²) in [7, 11) is 2.12. The van der Waals surface area contributed by atoms with Gasteiger partial charge in [0.1, 0.15) is 5.76 Å². The summed E-state index contributed by atoms with van der Waals surface area (Å²) < 4.78 is 10.5. The minimum atomic E-state index is 0.793. The van der Waals surface area contributed by atoms with E-state index in [4.69, 9.17) is 9.15 Å². The maximum atomic E-state index is 5.28. The average molecular weight is 240 g/mol. The molecule has 4 nitrogen and oxygen atoms in total. The topological polar surface area (TPSA) is 37.6 Å². The third-order valence-corrected chi connectivity index (χ3v) is 2.70. The van der Waals surface area contributed by atoms with Gasteiger partial charge in [0, 0.05) is 38.3 Å². The summed E-state index contributed by atoms with van der Waals surface area (Å²) in [6.07, 6.45) is 1.75. The first-order valence-electron chi connectivity index (χ1n) is 6.24. The van der Waals surface area contributed by atoms with Crippen LogP contribution >= 0.6 is 0 Å². The molecule has 0 aliphatic rings. The number of furan rings is 1. The maximum Gasteiger partial charge on any atom is 0.105 e. The summed E-state index contributed by atoms with van der Waals surface area (Å²) in [6, 6.07) is 2.04. The SMILES string of the molecule is CCOCCNCCN(C)Cc1ccoc1C. The van der Waals surface area contributed by atoms with Crippen molar-refractivity contribution in [1.29, 1.82) is 0 Å². The molecule has 0 atom stereocenters. The molecule has 1 heterocycles. The number of likely N-dealkylation sites (N-methyl/N-ethyl adjacent to an activating group) is 1. The van der Waals surface area contributed by atoms with Crippen LogP contribution < -0.4 is 5.32 Å². The van der Waals surface area contributed by atoms with Gasteiger partial charge in [-0.25, -0.2) is 0 Å². The summed E-state index contributed by atoms with van der Waals surface area (Å²) in [6.45, 7) is 9.48. The molecule has 1 aromatic rings. The first-order valence-corrected chi connectivity index (χ1v) is 6.24. The van der Waals surface area contributed by atoms with Crippen LogP contribution in [0.4, 0.5) is 0 Å². The minimum absolute atomic E-state index is 0.793. The molecule has 0 fully saturated rings. The Hall–Kier alpha value is -0.840. The van der Waals surface area contributed by atoms with Gasteiger partial charge in [-0.05, 0) is 27.0 Å². The van der Waals surface area contributed by atoms with Crippen molar-refractivity contribution in [3.63, 3.8) is 0 Å². The van der Waals surface area contributed by atoms with Crippen LogP contribution in [0.2, 0.25) is 0 Å². The van der Waals surface area contributed by atoms with Crippen molar-refractivity contribution in [1.82, 2.24) is 10.2 Å². The van der Waals surface area contributed by atoms with Crippen LogP contribution in [0.5, 0.6) is 0 Å². The second-order valence-electron chi connectivity index (χ2n) is 4.19. The van der Waals surface area contributed by atoms with Crippen molar-refractivity contribution in [2.75, 3.05) is 39.9 Å². The van der Waals surface area contributed by atoms with Crippen LogP contribution in [0.25, 0.3) is 0 Å². The van der Waals surface area contributed by atoms with Gasteiger partial charge in [-0.2, -0.15) is 0 Å². The molecular formula is C13H24N2O2. The van der Waals surface area contributed by atoms with Gasteiger partial charge in [0.15, 0.2) is 0 Å². The molecule has 0 bridgehead atoms. The summed E-state index contributed by atoms with van der Waals surface area (Å²) >= 11 is 0. The molecule has 1 rings (SSSR count). The van der Waals surface area contributed by atoms with Gasteiger partial charge in [0.25, 0.3) is 0 Å². The second-order valence-corrected chi connectivity index (χ2v) is 4.19. The van der Waals surface area contributed by atoms with E-state index in [2.05, 4.69) is 17.3 Å². The lowest BCUT2D eigenvalue weighted by Crippen LogP contribution is -2.30. The van der Waals surface area contributed by atoms with Crippen LogP contribution in [0.3, 0.4) is 0 Å². The third-order valence-electron chi connectivity index (χ3n) is 2.70. The monoisotopic (exact) mass is 240 g/mol. The zero-order valence-corrected chi connectivity index (χ0v) is 11.2. The first kappa shape index (κ1) is 14.2. The van der Waals surface area contributed by atoms with Crippen LogP contribution in [0.1, 0.15) is 18.2 Å². The maximum absolute atomic E-state index is 5.28. The summed E-state index contributed by atoms with van der Waals surface area (Å²) in [5.41, 5.74) is 1.27. The summed E-state index contributed by atoms with van der Waals surface area (Å²) in [4.78, 5) is 2.28. The molecule has 1 aromatic heterocycles. The fourth-order valence-corrected chi connectivity index (χ4v) is 1.63. The molecule has 0 aromatic carbocycles. The number of aryl methyl sites for hydroxylation is 1. The first-order chi connectivity index (χ1) is 8.24. The molecule has 0 radical (unpaired) electrons. The van der Waals surface area contributed by atoms with E-state index in [1.54, 1.807) is 6.26 Å². The van der Waals surface area contributed by atoms with Crippen molar-refractivity contribution >= 4 is 0 Å². The zero-order chi connectivity index (χ0) is 12.5. The smallest absolute Gasteiger partial charge is 0.105 e. The summed E-state index contributed by atoms with van der Waals surface area (Å²) in [5, 5.41) is 3.36. The Labute approximate surface area is 104 Å². The van der Waals surface area contributed by atoms with Gasteiger partial charge in [-0.3, -0.25) is 0 Å². The lowest BCUT2D eigenvalue weighted by molar-refractivity contribution is 0.148. The van der Waals surface area contributed by atoms with Crippen molar-refractivity contribution < 1.29 is 9.15 Å². The largest absolute Gasteiger partial charge is 0.469 e. The molecule has 4 heteroatoms. The van der Waals surface area contributed by atoms with Gasteiger partial charge in [-0.1, -0.05) is 0 Å². The van der Waals surface area contributed by atoms with E-state index in [0.29, 0.717) is 0 Å². The lowest BCUT2D eigenvalue weighted by atomic mass is 10.2. The Morgan fingerprint density at radius 2 is 2.24 bits per heavy atom. The van der Waals surface area contributed by atoms with Gasteiger partial charge >= 0.3 is 0 Å². The van der Waals surface area contributed by atoms with Crippen molar-refractivity contribution in [3.05, 3.63) is 23.7 Å². The number of hydrogen-bond acceptors (Lipinski definition) is 4. The standard InChI is InChI=1S/C13H24N2O2/c1-4-16-10-7-14-6-8-15(3)11-13-5-9-17-12(13)2/h5,9,14H,4,6-8,10-11H2,1-3H3. The summed E-state index contributed by atoms with van der Waals surface area (Å²) in [5.74, 6) is 1.01. The number of hydrogen-bond donors (Lipinski definition) is 1. The van der Waals surface area contributed by atoms with E-state index < -0.39 is 0 Å². The molecule has 0 unspecified atom stereocenters. The van der Waals surface area contributed by atoms with E-state index >= 15 is 0 Å². The van der Waals surface area contributed by atoms with Gasteiger partial charge in [-0.15, -0.1) is 0 Å². The van der Waals surface area contributed by atoms with Crippen LogP contribution in [0, 0.1) is 6.92 Å². The highest BCUT2D eigenvalue weighted by Crippen LogP contribution is 2.10. The molecule has 0 amide bonds. The van der Waals surface area contributed by atoms with Crippen molar-refractivity contribution in [3.8, 4) is 0 Å². The van der Waals surface area contributed by atoms with E-state index in [-0.39, 0.29) is 0 Å². The average Bonchev–Trinajstić information content (AvgIpc) is 2.69. The number of nitrogens with zero attached hydrogens (tertiary/aromatic N) is 1. The van der Waals surface area contributed by atoms with Gasteiger partial charge in [0.05, 0.1) is 12.9 Å². The molecule has 0 saturated carbocycles. The number of ether oxygens (including phenoxy) is 1. The Kier molecular flexibility index (Phi) is 6.93. The normalized spacial score (nSPS) is 11.3. The highest BCUT2D eigenvalue weighted by molar-refractivity contribution is 5.14. The highest BCUT2D eigenvalue weighted by Gasteiger charge is 2.04. The van der Waals surface area contributed by atoms with Crippen LogP contribution in [-0.2, 0) is 11.3 Å². The fraction of sp³-hybridized carbons (Fsp3) is 0.692. The van der Waals surface area contributed by atoms with Crippen LogP contribution in [0.15, 0.2) is 16.7 Å². The van der Waals surface area contributed by atoms with E-state index in [1.165, 1.54) is 5.56 Å². The second kappa shape index (κ2) is 8.28. The quantitative estimate of drug-likeness (QED) is 0.666. The predicted octanol–water partition coefficient (Wildman–Crippen LogP) is 1.65. The Bertz CT molecular complexity index is 299. The molecule has 0 spiro atoms. The predicted molar refractivity (Wildman–Crippen MR) is 69.1 cm³/mol. The van der Waals surface area contributed by atoms with E-state index in [9.17, 15) is 0 Å². The highest BCUT2D eigenvalue weighted by atomic mass is 16.5. The molecule has 17 heavy (non-hydrogen) atoms. The molecule has 0 saturated heterocycles. The zero-order valence-electron chi connectivity index (χ0n) is 11.2. The minimum Gasteiger partial charge on any atom is -0.469 e. The van der Waals surface area contributed by atoms with Crippen LogP contribution in [-0.4, -0.2) is 44.8 Å². The molecule has 1 N–H and O–H groups in total. The van der Waals surface area contributed by atoms with Crippen molar-refractivity contribution in [2.45, 2.75) is 20.4 Å². The van der Waals surface area contributed by atoms with Crippen molar-refractivity contribution in [2.24, 2.45) is 0 Å². The Balaban J connectivity index is 2.05. The number of rotatable bonds is 9. The molecule has 98 valence electrons. The van der Waals surface area contributed by atoms with Gasteiger partial charge in [0.2, 0.25) is 0 Å². The Morgan fingerprint density at radius 1 is 1.41 bits per heavy atom. The van der Waals surface area contributed by atoms with Gasteiger partial charge < -0.3 is 19.4 Å². The molecule has 0 aliphatic carbocycles. The van der Waals surface area contributed by atoms with E-state index in [0.717, 1.165) is 45.2 Å².